The fourth-order valence-electron chi connectivity index (χ4n) is 2.84. The van der Waals surface area contributed by atoms with Gasteiger partial charge in [0.05, 0.1) is 11.6 Å². The molecule has 2 nitrogen and oxygen atoms in total. The zero-order valence-electron chi connectivity index (χ0n) is 11.8. The Balaban J connectivity index is 2.28. The maximum Gasteiger partial charge on any atom is 0.248 e. The van der Waals surface area contributed by atoms with E-state index in [1.165, 1.54) is 0 Å². The first-order valence-electron chi connectivity index (χ1n) is 7.07. The summed E-state index contributed by atoms with van der Waals surface area (Å²) in [7, 11) is 0. The van der Waals surface area contributed by atoms with Gasteiger partial charge in [-0.1, -0.05) is 35.9 Å². The Bertz CT molecular complexity index is 497. The molecule has 1 saturated carbocycles. The number of hydrogen-bond donors (Lipinski definition) is 2. The molecule has 0 radical (unpaired) electrons. The molecular formula is C16H20ClF2NO. The van der Waals surface area contributed by atoms with Crippen molar-refractivity contribution in [1.29, 1.82) is 0 Å². The van der Waals surface area contributed by atoms with E-state index in [0.29, 0.717) is 11.6 Å². The van der Waals surface area contributed by atoms with Crippen LogP contribution in [0, 0.1) is 0 Å². The van der Waals surface area contributed by atoms with Crippen LogP contribution in [0.3, 0.4) is 0 Å². The quantitative estimate of drug-likeness (QED) is 0.802. The van der Waals surface area contributed by atoms with Crippen molar-refractivity contribution in [3.05, 3.63) is 47.5 Å². The smallest absolute Gasteiger partial charge is 0.248 e. The van der Waals surface area contributed by atoms with E-state index in [1.807, 2.05) is 12.1 Å². The van der Waals surface area contributed by atoms with Crippen LogP contribution in [0.2, 0.25) is 5.02 Å². The first kappa shape index (κ1) is 16.4. The van der Waals surface area contributed by atoms with E-state index in [-0.39, 0.29) is 25.7 Å². The number of benzene rings is 1. The van der Waals surface area contributed by atoms with E-state index in [2.05, 4.69) is 11.9 Å². The molecule has 0 amide bonds. The Kier molecular flexibility index (Phi) is 5.02. The van der Waals surface area contributed by atoms with Crippen LogP contribution in [0.4, 0.5) is 8.78 Å². The van der Waals surface area contributed by atoms with E-state index in [4.69, 9.17) is 11.6 Å². The van der Waals surface area contributed by atoms with Gasteiger partial charge in [-0.3, -0.25) is 0 Å². The van der Waals surface area contributed by atoms with Crippen LogP contribution < -0.4 is 5.32 Å². The molecule has 0 aromatic heterocycles. The molecule has 1 aliphatic rings. The van der Waals surface area contributed by atoms with E-state index in [1.54, 1.807) is 18.2 Å². The minimum atomic E-state index is -2.68. The normalized spacial score (nSPS) is 21.7. The second-order valence-corrected chi connectivity index (χ2v) is 6.02. The van der Waals surface area contributed by atoms with Gasteiger partial charge in [0.25, 0.3) is 0 Å². The lowest BCUT2D eigenvalue weighted by Gasteiger charge is -2.42. The lowest BCUT2D eigenvalue weighted by molar-refractivity contribution is -0.117. The summed E-state index contributed by atoms with van der Waals surface area (Å²) in [5.41, 5.74) is -0.496. The summed E-state index contributed by atoms with van der Waals surface area (Å²) in [5, 5.41) is 14.6. The van der Waals surface area contributed by atoms with Crippen LogP contribution >= 0.6 is 11.6 Å². The SMILES string of the molecule is C=CCNC(c1ccccc1Cl)C1(O)CCC(F)(F)CC1. The Hall–Kier alpha value is -0.970. The van der Waals surface area contributed by atoms with Crippen molar-refractivity contribution in [2.24, 2.45) is 0 Å². The van der Waals surface area contributed by atoms with Gasteiger partial charge in [0.15, 0.2) is 0 Å². The summed E-state index contributed by atoms with van der Waals surface area (Å²) in [6.45, 7) is 4.11. The fraction of sp³-hybridized carbons (Fsp3) is 0.500. The van der Waals surface area contributed by atoms with Gasteiger partial charge >= 0.3 is 0 Å². The maximum absolute atomic E-state index is 13.4. The van der Waals surface area contributed by atoms with Crippen molar-refractivity contribution in [2.45, 2.75) is 43.2 Å². The minimum Gasteiger partial charge on any atom is -0.388 e. The zero-order valence-corrected chi connectivity index (χ0v) is 12.5. The highest BCUT2D eigenvalue weighted by Gasteiger charge is 2.47. The summed E-state index contributed by atoms with van der Waals surface area (Å²) >= 11 is 6.21. The van der Waals surface area contributed by atoms with Crippen LogP contribution in [0.1, 0.15) is 37.3 Å². The number of aliphatic hydroxyl groups is 1. The van der Waals surface area contributed by atoms with Crippen LogP contribution in [-0.4, -0.2) is 23.2 Å². The van der Waals surface area contributed by atoms with E-state index in [0.717, 1.165) is 5.56 Å². The second-order valence-electron chi connectivity index (χ2n) is 5.61. The van der Waals surface area contributed by atoms with Crippen molar-refractivity contribution in [3.63, 3.8) is 0 Å². The fourth-order valence-corrected chi connectivity index (χ4v) is 3.08. The Morgan fingerprint density at radius 3 is 2.48 bits per heavy atom. The van der Waals surface area contributed by atoms with Gasteiger partial charge in [-0.2, -0.15) is 0 Å². The van der Waals surface area contributed by atoms with Crippen molar-refractivity contribution in [2.75, 3.05) is 6.54 Å². The molecule has 1 aliphatic carbocycles. The van der Waals surface area contributed by atoms with Gasteiger partial charge in [-0.15, -0.1) is 6.58 Å². The largest absolute Gasteiger partial charge is 0.388 e. The molecule has 0 spiro atoms. The first-order chi connectivity index (χ1) is 9.88. The second kappa shape index (κ2) is 6.42. The molecule has 1 unspecified atom stereocenters. The number of halogens is 3. The lowest BCUT2D eigenvalue weighted by atomic mass is 9.75. The number of nitrogens with one attached hydrogen (secondary N) is 1. The predicted octanol–water partition coefficient (Wildman–Crippen LogP) is 4.10. The van der Waals surface area contributed by atoms with Crippen LogP contribution in [0.15, 0.2) is 36.9 Å². The maximum atomic E-state index is 13.4. The summed E-state index contributed by atoms with van der Waals surface area (Å²) in [6.07, 6.45) is 1.14. The van der Waals surface area contributed by atoms with Crippen molar-refractivity contribution in [3.8, 4) is 0 Å². The van der Waals surface area contributed by atoms with Gasteiger partial charge < -0.3 is 10.4 Å². The Morgan fingerprint density at radius 1 is 1.29 bits per heavy atom. The summed E-state index contributed by atoms with van der Waals surface area (Å²) in [5.74, 6) is -2.68. The van der Waals surface area contributed by atoms with Gasteiger partial charge in [-0.05, 0) is 24.5 Å². The topological polar surface area (TPSA) is 32.3 Å². The third-order valence-corrected chi connectivity index (χ3v) is 4.41. The molecule has 0 saturated heterocycles. The molecule has 2 rings (SSSR count). The molecule has 2 N–H and O–H groups in total. The molecule has 1 atom stereocenters. The molecule has 1 fully saturated rings. The highest BCUT2D eigenvalue weighted by molar-refractivity contribution is 6.31. The van der Waals surface area contributed by atoms with Gasteiger partial charge in [0, 0.05) is 24.4 Å². The summed E-state index contributed by atoms with van der Waals surface area (Å²) in [6, 6.07) is 6.69. The highest BCUT2D eigenvalue weighted by atomic mass is 35.5. The molecule has 1 aromatic carbocycles. The molecule has 0 aliphatic heterocycles. The third-order valence-electron chi connectivity index (χ3n) is 4.07. The average molecular weight is 316 g/mol. The average Bonchev–Trinajstić information content (AvgIpc) is 2.45. The predicted molar refractivity (Wildman–Crippen MR) is 80.8 cm³/mol. The molecule has 21 heavy (non-hydrogen) atoms. The number of alkyl halides is 2. The standard InChI is InChI=1S/C16H20ClF2NO/c1-2-11-20-14(12-5-3-4-6-13(12)17)15(21)7-9-16(18,19)10-8-15/h2-6,14,20-21H,1,7-11H2. The highest BCUT2D eigenvalue weighted by Crippen LogP contribution is 2.45. The van der Waals surface area contributed by atoms with Crippen LogP contribution in [0.25, 0.3) is 0 Å². The zero-order chi connectivity index (χ0) is 15.5. The van der Waals surface area contributed by atoms with Gasteiger partial charge in [0.2, 0.25) is 5.92 Å². The summed E-state index contributed by atoms with van der Waals surface area (Å²) < 4.78 is 26.7. The van der Waals surface area contributed by atoms with Crippen molar-refractivity contribution < 1.29 is 13.9 Å². The van der Waals surface area contributed by atoms with Gasteiger partial charge in [0.1, 0.15) is 0 Å². The monoisotopic (exact) mass is 315 g/mol. The number of hydrogen-bond acceptors (Lipinski definition) is 2. The van der Waals surface area contributed by atoms with E-state index >= 15 is 0 Å². The van der Waals surface area contributed by atoms with Crippen LogP contribution in [-0.2, 0) is 0 Å². The Labute approximate surface area is 128 Å². The molecule has 5 heteroatoms. The van der Waals surface area contributed by atoms with Crippen molar-refractivity contribution >= 4 is 11.6 Å². The third kappa shape index (κ3) is 3.82. The first-order valence-corrected chi connectivity index (χ1v) is 7.45. The van der Waals surface area contributed by atoms with E-state index < -0.39 is 17.6 Å². The molecule has 0 heterocycles. The molecule has 1 aromatic rings. The van der Waals surface area contributed by atoms with Gasteiger partial charge in [-0.25, -0.2) is 8.78 Å². The van der Waals surface area contributed by atoms with Crippen LogP contribution in [0.5, 0.6) is 0 Å². The van der Waals surface area contributed by atoms with Crippen molar-refractivity contribution in [1.82, 2.24) is 5.32 Å². The summed E-state index contributed by atoms with van der Waals surface area (Å²) in [4.78, 5) is 0. The minimum absolute atomic E-state index is 0.0417. The lowest BCUT2D eigenvalue weighted by Crippen LogP contribution is -2.48. The molecule has 116 valence electrons. The van der Waals surface area contributed by atoms with E-state index in [9.17, 15) is 13.9 Å². The number of rotatable bonds is 5. The Morgan fingerprint density at radius 2 is 1.90 bits per heavy atom. The molecular weight excluding hydrogens is 296 g/mol. The molecule has 0 bridgehead atoms.